The summed E-state index contributed by atoms with van der Waals surface area (Å²) in [5, 5.41) is 0.335. The molecular weight excluding hydrogens is 581 g/mol. The molecule has 2 saturated heterocycles. The fraction of sp³-hybridized carbons (Fsp3) is 0.594. The summed E-state index contributed by atoms with van der Waals surface area (Å²) in [4.78, 5) is 34.5. The van der Waals surface area contributed by atoms with Crippen LogP contribution in [-0.4, -0.2) is 86.1 Å². The van der Waals surface area contributed by atoms with Gasteiger partial charge < -0.3 is 24.2 Å². The first kappa shape index (κ1) is 34.6. The third-order valence-electron chi connectivity index (χ3n) is 8.35. The van der Waals surface area contributed by atoms with Gasteiger partial charge in [0.1, 0.15) is 28.9 Å². The molecule has 1 aromatic heterocycles. The van der Waals surface area contributed by atoms with Gasteiger partial charge in [-0.05, 0) is 109 Å². The van der Waals surface area contributed by atoms with E-state index in [2.05, 4.69) is 42.7 Å². The van der Waals surface area contributed by atoms with Gasteiger partial charge in [0.05, 0.1) is 12.7 Å². The Balaban J connectivity index is 0.000000285. The Morgan fingerprint density at radius 1 is 1.12 bits per heavy atom. The minimum Gasteiger partial charge on any atom is -0.497 e. The monoisotopic (exact) mass is 624 g/mol. The number of hydrogen-bond donors (Lipinski definition) is 0. The molecular formula is C32H44ClF3N4O3. The molecule has 2 fully saturated rings. The summed E-state index contributed by atoms with van der Waals surface area (Å²) in [5.41, 5.74) is 0.418. The largest absolute Gasteiger partial charge is 0.497 e. The number of likely N-dealkylation sites (tertiary alicyclic amines) is 1. The Kier molecular flexibility index (Phi) is 12.7. The second kappa shape index (κ2) is 15.7. The van der Waals surface area contributed by atoms with Crippen LogP contribution in [0.2, 0.25) is 5.15 Å². The van der Waals surface area contributed by atoms with Crippen LogP contribution in [0.25, 0.3) is 0 Å². The van der Waals surface area contributed by atoms with Crippen molar-refractivity contribution in [2.24, 2.45) is 5.92 Å². The Morgan fingerprint density at radius 2 is 1.77 bits per heavy atom. The van der Waals surface area contributed by atoms with Crippen LogP contribution < -0.4 is 9.64 Å². The summed E-state index contributed by atoms with van der Waals surface area (Å²) in [5.74, 6) is -0.0705. The highest BCUT2D eigenvalue weighted by atomic mass is 35.5. The highest BCUT2D eigenvalue weighted by molar-refractivity contribution is 6.32. The van der Waals surface area contributed by atoms with Crippen molar-refractivity contribution in [3.63, 3.8) is 0 Å². The molecule has 0 spiro atoms. The van der Waals surface area contributed by atoms with Crippen LogP contribution in [0.4, 0.5) is 19.0 Å². The van der Waals surface area contributed by atoms with Crippen LogP contribution in [0.15, 0.2) is 36.4 Å². The molecule has 0 bridgehead atoms. The first-order chi connectivity index (χ1) is 20.3. The van der Waals surface area contributed by atoms with Crippen molar-refractivity contribution in [2.45, 2.75) is 76.6 Å². The Bertz CT molecular complexity index is 1190. The molecule has 2 aliphatic rings. The smallest absolute Gasteiger partial charge is 0.402 e. The van der Waals surface area contributed by atoms with Gasteiger partial charge in [0.2, 0.25) is 0 Å². The zero-order valence-corrected chi connectivity index (χ0v) is 26.5. The highest BCUT2D eigenvalue weighted by Crippen LogP contribution is 2.34. The molecule has 11 heteroatoms. The summed E-state index contributed by atoms with van der Waals surface area (Å²) in [6, 6.07) is 9.75. The molecule has 2 aromatic rings. The normalized spacial score (nSPS) is 20.0. The van der Waals surface area contributed by atoms with Gasteiger partial charge in [-0.15, -0.1) is 0 Å². The lowest BCUT2D eigenvalue weighted by atomic mass is 9.92. The van der Waals surface area contributed by atoms with Gasteiger partial charge in [0, 0.05) is 25.2 Å². The molecule has 43 heavy (non-hydrogen) atoms. The lowest BCUT2D eigenvalue weighted by Crippen LogP contribution is -2.39. The molecule has 0 radical (unpaired) electrons. The number of anilines is 1. The van der Waals surface area contributed by atoms with E-state index in [1.807, 2.05) is 17.0 Å². The van der Waals surface area contributed by atoms with E-state index in [-0.39, 0.29) is 29.8 Å². The standard InChI is InChI=1S/C22H35ClN4O.C10H9F3O2/c1-16-7-8-17(2)27(16)22(28)19-9-10-20(24-21(19)23)26-14-11-18(12-15-26)6-5-13-25(3)4;1-15-8-4-2-3-7(5-8)9(6-14)10(11,12)13/h9-10,16-18H,5-8,11-15H2,1-4H3;2-6,9H,1H3. The van der Waals surface area contributed by atoms with E-state index in [9.17, 15) is 22.8 Å². The van der Waals surface area contributed by atoms with Crippen molar-refractivity contribution in [1.29, 1.82) is 0 Å². The van der Waals surface area contributed by atoms with Gasteiger partial charge >= 0.3 is 6.18 Å². The minimum absolute atomic E-state index is 0.0150. The van der Waals surface area contributed by atoms with Crippen molar-refractivity contribution < 1.29 is 27.5 Å². The number of nitrogens with zero attached hydrogens (tertiary/aromatic N) is 4. The molecule has 7 nitrogen and oxygen atoms in total. The topological polar surface area (TPSA) is 66.0 Å². The van der Waals surface area contributed by atoms with Gasteiger partial charge in [-0.25, -0.2) is 4.98 Å². The number of aromatic nitrogens is 1. The van der Waals surface area contributed by atoms with E-state index in [4.69, 9.17) is 16.3 Å². The zero-order valence-electron chi connectivity index (χ0n) is 25.7. The molecule has 1 amide bonds. The molecule has 1 aromatic carbocycles. The number of alkyl halides is 3. The lowest BCUT2D eigenvalue weighted by Gasteiger charge is -2.33. The van der Waals surface area contributed by atoms with E-state index in [1.54, 1.807) is 0 Å². The second-order valence-electron chi connectivity index (χ2n) is 11.8. The number of carbonyl (C=O) groups is 2. The molecule has 3 atom stereocenters. The van der Waals surface area contributed by atoms with Crippen LogP contribution in [0, 0.1) is 5.92 Å². The van der Waals surface area contributed by atoms with Gasteiger partial charge in [0.15, 0.2) is 0 Å². The summed E-state index contributed by atoms with van der Waals surface area (Å²) in [7, 11) is 5.62. The average molecular weight is 625 g/mol. The van der Waals surface area contributed by atoms with Gasteiger partial charge in [-0.1, -0.05) is 23.7 Å². The number of carbonyl (C=O) groups excluding carboxylic acids is 2. The fourth-order valence-corrected chi connectivity index (χ4v) is 6.05. The van der Waals surface area contributed by atoms with E-state index in [0.717, 1.165) is 37.7 Å². The quantitative estimate of drug-likeness (QED) is 0.225. The lowest BCUT2D eigenvalue weighted by molar-refractivity contribution is -0.155. The Labute approximate surface area is 258 Å². The van der Waals surface area contributed by atoms with Crippen LogP contribution in [0.3, 0.4) is 0 Å². The van der Waals surface area contributed by atoms with Crippen molar-refractivity contribution >= 4 is 29.6 Å². The maximum Gasteiger partial charge on any atom is 0.402 e. The Morgan fingerprint density at radius 3 is 2.30 bits per heavy atom. The number of ether oxygens (including phenoxy) is 1. The molecule has 0 saturated carbocycles. The molecule has 238 valence electrons. The number of piperidine rings is 1. The summed E-state index contributed by atoms with van der Waals surface area (Å²) < 4.78 is 41.9. The first-order valence-corrected chi connectivity index (χ1v) is 15.3. The summed E-state index contributed by atoms with van der Waals surface area (Å²) in [6.45, 7) is 7.42. The number of methoxy groups -OCH3 is 1. The number of aldehydes is 1. The third-order valence-corrected chi connectivity index (χ3v) is 8.64. The van der Waals surface area contributed by atoms with Gasteiger partial charge in [0.25, 0.3) is 5.91 Å². The van der Waals surface area contributed by atoms with Crippen molar-refractivity contribution in [3.8, 4) is 5.75 Å². The number of amides is 1. The van der Waals surface area contributed by atoms with E-state index in [1.165, 1.54) is 63.6 Å². The van der Waals surface area contributed by atoms with Gasteiger partial charge in [-0.3, -0.25) is 4.79 Å². The summed E-state index contributed by atoms with van der Waals surface area (Å²) in [6.07, 6.45) is 2.42. The number of hydrogen-bond acceptors (Lipinski definition) is 6. The van der Waals surface area contributed by atoms with E-state index < -0.39 is 12.1 Å². The van der Waals surface area contributed by atoms with Gasteiger partial charge in [-0.2, -0.15) is 13.2 Å². The van der Waals surface area contributed by atoms with Crippen molar-refractivity contribution in [3.05, 3.63) is 52.7 Å². The number of pyridine rings is 1. The number of benzene rings is 1. The number of rotatable bonds is 9. The average Bonchev–Trinajstić information content (AvgIpc) is 3.30. The van der Waals surface area contributed by atoms with Crippen LogP contribution in [-0.2, 0) is 4.79 Å². The Hall–Kier alpha value is -2.85. The van der Waals surface area contributed by atoms with Crippen LogP contribution in [0.5, 0.6) is 5.75 Å². The molecule has 3 heterocycles. The van der Waals surface area contributed by atoms with E-state index >= 15 is 0 Å². The van der Waals surface area contributed by atoms with E-state index in [0.29, 0.717) is 16.5 Å². The highest BCUT2D eigenvalue weighted by Gasteiger charge is 2.40. The maximum absolute atomic E-state index is 13.0. The minimum atomic E-state index is -4.56. The molecule has 4 rings (SSSR count). The molecule has 0 aliphatic carbocycles. The van der Waals surface area contributed by atoms with Crippen LogP contribution >= 0.6 is 11.6 Å². The maximum atomic E-state index is 13.0. The molecule has 3 unspecified atom stereocenters. The van der Waals surface area contributed by atoms with Crippen LogP contribution in [0.1, 0.15) is 74.2 Å². The third kappa shape index (κ3) is 9.57. The predicted octanol–water partition coefficient (Wildman–Crippen LogP) is 6.85. The van der Waals surface area contributed by atoms with Crippen molar-refractivity contribution in [2.75, 3.05) is 45.7 Å². The first-order valence-electron chi connectivity index (χ1n) is 14.9. The number of halogens is 4. The fourth-order valence-electron chi connectivity index (χ4n) is 5.82. The molecule has 0 N–H and O–H groups in total. The molecule has 2 aliphatic heterocycles. The SMILES string of the molecule is CC1CCC(C)N1C(=O)c1ccc(N2CCC(CCCN(C)C)CC2)nc1Cl.COc1cccc(C(C=O)C(F)(F)F)c1. The second-order valence-corrected chi connectivity index (χ2v) is 12.2. The zero-order chi connectivity index (χ0) is 31.7. The summed E-state index contributed by atoms with van der Waals surface area (Å²) >= 11 is 6.45. The van der Waals surface area contributed by atoms with Crippen molar-refractivity contribution in [1.82, 2.24) is 14.8 Å². The predicted molar refractivity (Wildman–Crippen MR) is 164 cm³/mol.